The molecule has 0 unspecified atom stereocenters. The molecule has 1 aromatic heterocycles. The molecular formula is C67H46N2. The van der Waals surface area contributed by atoms with Gasteiger partial charge in [0.1, 0.15) is 0 Å². The van der Waals surface area contributed by atoms with Crippen molar-refractivity contribution in [3.05, 3.63) is 301 Å². The van der Waals surface area contributed by atoms with Crippen molar-refractivity contribution in [2.75, 3.05) is 4.90 Å². The van der Waals surface area contributed by atoms with E-state index in [4.69, 9.17) is 0 Å². The minimum atomic E-state index is -0.533. The van der Waals surface area contributed by atoms with Crippen molar-refractivity contribution in [3.63, 3.8) is 0 Å². The molecule has 0 radical (unpaired) electrons. The van der Waals surface area contributed by atoms with Gasteiger partial charge < -0.3 is 9.47 Å². The minimum Gasteiger partial charge on any atom is -0.310 e. The van der Waals surface area contributed by atoms with E-state index in [1.807, 2.05) is 0 Å². The lowest BCUT2D eigenvalue weighted by atomic mass is 9.67. The van der Waals surface area contributed by atoms with Crippen molar-refractivity contribution >= 4 is 38.9 Å². The van der Waals surface area contributed by atoms with E-state index < -0.39 is 5.41 Å². The van der Waals surface area contributed by atoms with Crippen molar-refractivity contribution < 1.29 is 0 Å². The Balaban J connectivity index is 0.997. The van der Waals surface area contributed by atoms with Gasteiger partial charge in [-0.3, -0.25) is 0 Å². The summed E-state index contributed by atoms with van der Waals surface area (Å²) in [5, 5.41) is 2.50. The molecule has 0 spiro atoms. The smallest absolute Gasteiger partial charge is 0.0714 e. The Bertz CT molecular complexity index is 3780. The van der Waals surface area contributed by atoms with Crippen molar-refractivity contribution in [1.82, 2.24) is 4.57 Å². The van der Waals surface area contributed by atoms with Crippen LogP contribution in [0, 0.1) is 0 Å². The molecule has 0 bridgehead atoms. The van der Waals surface area contributed by atoms with E-state index in [-0.39, 0.29) is 0 Å². The number of aromatic nitrogens is 1. The second kappa shape index (κ2) is 16.7. The quantitative estimate of drug-likeness (QED) is 0.140. The lowest BCUT2D eigenvalue weighted by molar-refractivity contribution is 0.768. The molecule has 2 nitrogen and oxygen atoms in total. The fraction of sp³-hybridized carbons (Fsp3) is 0.0149. The summed E-state index contributed by atoms with van der Waals surface area (Å²) in [6.07, 6.45) is 0. The van der Waals surface area contributed by atoms with Crippen molar-refractivity contribution in [1.29, 1.82) is 0 Å². The van der Waals surface area contributed by atoms with Gasteiger partial charge in [0.05, 0.1) is 22.1 Å². The highest BCUT2D eigenvalue weighted by Crippen LogP contribution is 2.57. The first kappa shape index (κ1) is 40.3. The molecule has 0 fully saturated rings. The highest BCUT2D eigenvalue weighted by Gasteiger charge is 2.46. The van der Waals surface area contributed by atoms with Crippen LogP contribution >= 0.6 is 0 Å². The number of rotatable bonds is 9. The highest BCUT2D eigenvalue weighted by molar-refractivity contribution is 6.10. The lowest BCUT2D eigenvalue weighted by Gasteiger charge is -2.35. The summed E-state index contributed by atoms with van der Waals surface area (Å²) in [6.45, 7) is 0. The van der Waals surface area contributed by atoms with Crippen LogP contribution in [0.1, 0.15) is 22.3 Å². The molecule has 0 atom stereocenters. The molecule has 0 aliphatic heterocycles. The van der Waals surface area contributed by atoms with Crippen LogP contribution in [0.2, 0.25) is 0 Å². The molecule has 324 valence electrons. The van der Waals surface area contributed by atoms with Crippen LogP contribution in [0.15, 0.2) is 279 Å². The van der Waals surface area contributed by atoms with E-state index in [0.29, 0.717) is 0 Å². The molecule has 0 N–H and O–H groups in total. The van der Waals surface area contributed by atoms with Crippen LogP contribution in [0.4, 0.5) is 17.1 Å². The van der Waals surface area contributed by atoms with E-state index in [1.165, 1.54) is 77.4 Å². The Hall–Kier alpha value is -8.98. The number of fused-ring (bicyclic) bond motifs is 6. The van der Waals surface area contributed by atoms with E-state index in [1.54, 1.807) is 0 Å². The maximum absolute atomic E-state index is 2.47. The monoisotopic (exact) mass is 878 g/mol. The van der Waals surface area contributed by atoms with Gasteiger partial charge in [-0.15, -0.1) is 0 Å². The maximum atomic E-state index is 2.47. The summed E-state index contributed by atoms with van der Waals surface area (Å²) in [7, 11) is 0. The Labute approximate surface area is 403 Å². The summed E-state index contributed by atoms with van der Waals surface area (Å²) < 4.78 is 2.40. The molecule has 1 heterocycles. The average Bonchev–Trinajstić information content (AvgIpc) is 3.92. The molecular weight excluding hydrogens is 833 g/mol. The maximum Gasteiger partial charge on any atom is 0.0714 e. The Morgan fingerprint density at radius 3 is 1.57 bits per heavy atom. The standard InChI is InChI=1S/C67H46N2/c1-5-20-47(21-6-1)48-36-39-55(40-37-48)68(56-41-43-59-58-31-13-16-33-62(58)67(63(59)46-56,52-24-7-2-8-25-52)53-26-9-3-10-27-53)64-34-17-14-30-57(64)51-23-19-22-49(44-51)50-38-42-61-60-32-15-18-35-65(60)69(66(61)45-50)54-28-11-4-12-29-54/h1-46H. The van der Waals surface area contributed by atoms with Gasteiger partial charge in [-0.2, -0.15) is 0 Å². The molecule has 2 heteroatoms. The van der Waals surface area contributed by atoms with Gasteiger partial charge in [0, 0.05) is 33.4 Å². The number of nitrogens with zero attached hydrogens (tertiary/aromatic N) is 2. The van der Waals surface area contributed by atoms with Crippen LogP contribution in [0.3, 0.4) is 0 Å². The molecule has 0 saturated carbocycles. The molecule has 12 aromatic rings. The fourth-order valence-electron chi connectivity index (χ4n) is 11.2. The first-order chi connectivity index (χ1) is 34.2. The van der Waals surface area contributed by atoms with Crippen LogP contribution in [-0.4, -0.2) is 4.57 Å². The summed E-state index contributed by atoms with van der Waals surface area (Å²) in [5.41, 5.74) is 20.9. The number of benzene rings is 11. The molecule has 13 rings (SSSR count). The third-order valence-electron chi connectivity index (χ3n) is 14.3. The van der Waals surface area contributed by atoms with Crippen LogP contribution in [0.25, 0.3) is 72.0 Å². The summed E-state index contributed by atoms with van der Waals surface area (Å²) in [4.78, 5) is 2.46. The highest BCUT2D eigenvalue weighted by atomic mass is 15.1. The number of hydrogen-bond donors (Lipinski definition) is 0. The second-order valence-corrected chi connectivity index (χ2v) is 18.0. The molecule has 0 amide bonds. The van der Waals surface area contributed by atoms with Gasteiger partial charge in [0.15, 0.2) is 0 Å². The fourth-order valence-corrected chi connectivity index (χ4v) is 11.2. The molecule has 1 aliphatic carbocycles. The van der Waals surface area contributed by atoms with Gasteiger partial charge in [0.2, 0.25) is 0 Å². The predicted octanol–water partition coefficient (Wildman–Crippen LogP) is 17.6. The topological polar surface area (TPSA) is 8.17 Å². The third-order valence-corrected chi connectivity index (χ3v) is 14.3. The summed E-state index contributed by atoms with van der Waals surface area (Å²) in [5.74, 6) is 0. The lowest BCUT2D eigenvalue weighted by Crippen LogP contribution is -2.28. The third kappa shape index (κ3) is 6.64. The SMILES string of the molecule is c1ccc(-c2ccc(N(c3ccc4c(c3)C(c3ccccc3)(c3ccccc3)c3ccccc3-4)c3ccccc3-c3cccc(-c4ccc5c6ccccc6n(-c6ccccc6)c5c4)c3)cc2)cc1. The number of anilines is 3. The first-order valence-electron chi connectivity index (χ1n) is 23.8. The normalized spacial score (nSPS) is 12.5. The zero-order valence-corrected chi connectivity index (χ0v) is 38.0. The molecule has 11 aromatic carbocycles. The van der Waals surface area contributed by atoms with E-state index >= 15 is 0 Å². The van der Waals surface area contributed by atoms with Crippen molar-refractivity contribution in [3.8, 4) is 50.2 Å². The Morgan fingerprint density at radius 1 is 0.290 bits per heavy atom. The zero-order chi connectivity index (χ0) is 45.7. The van der Waals surface area contributed by atoms with Crippen molar-refractivity contribution in [2.45, 2.75) is 5.41 Å². The number of para-hydroxylation sites is 3. The average molecular weight is 879 g/mol. The van der Waals surface area contributed by atoms with E-state index in [0.717, 1.165) is 33.9 Å². The van der Waals surface area contributed by atoms with Gasteiger partial charge >= 0.3 is 0 Å². The van der Waals surface area contributed by atoms with E-state index in [9.17, 15) is 0 Å². The zero-order valence-electron chi connectivity index (χ0n) is 38.0. The summed E-state index contributed by atoms with van der Waals surface area (Å²) in [6, 6.07) is 102. The van der Waals surface area contributed by atoms with Gasteiger partial charge in [0.25, 0.3) is 0 Å². The van der Waals surface area contributed by atoms with E-state index in [2.05, 4.69) is 289 Å². The molecule has 69 heavy (non-hydrogen) atoms. The summed E-state index contributed by atoms with van der Waals surface area (Å²) >= 11 is 0. The molecule has 1 aliphatic rings. The first-order valence-corrected chi connectivity index (χ1v) is 23.8. The predicted molar refractivity (Wildman–Crippen MR) is 289 cm³/mol. The van der Waals surface area contributed by atoms with Crippen LogP contribution < -0.4 is 4.90 Å². The minimum absolute atomic E-state index is 0.533. The van der Waals surface area contributed by atoms with Gasteiger partial charge in [-0.1, -0.05) is 218 Å². The second-order valence-electron chi connectivity index (χ2n) is 18.0. The van der Waals surface area contributed by atoms with Gasteiger partial charge in [-0.05, 0) is 122 Å². The van der Waals surface area contributed by atoms with Crippen LogP contribution in [0.5, 0.6) is 0 Å². The van der Waals surface area contributed by atoms with Crippen LogP contribution in [-0.2, 0) is 5.41 Å². The molecule has 0 saturated heterocycles. The van der Waals surface area contributed by atoms with Gasteiger partial charge in [-0.25, -0.2) is 0 Å². The Kier molecular flexibility index (Phi) is 9.77. The van der Waals surface area contributed by atoms with Crippen molar-refractivity contribution in [2.24, 2.45) is 0 Å². The number of hydrogen-bond acceptors (Lipinski definition) is 1. The Morgan fingerprint density at radius 2 is 0.812 bits per heavy atom. The largest absolute Gasteiger partial charge is 0.310 e.